The third-order valence-corrected chi connectivity index (χ3v) is 2.24. The smallest absolute Gasteiger partial charge is 0.273 e. The molecule has 0 radical (unpaired) electrons. The molecule has 0 spiro atoms. The van der Waals surface area contributed by atoms with Crippen molar-refractivity contribution in [3.63, 3.8) is 0 Å². The minimum atomic E-state index is -0.683. The summed E-state index contributed by atoms with van der Waals surface area (Å²) in [6.45, 7) is 1.67. The maximum Gasteiger partial charge on any atom is 0.356 e. The molecule has 1 atom stereocenters. The Labute approximate surface area is 73.9 Å². The Morgan fingerprint density at radius 1 is 1.45 bits per heavy atom. The summed E-state index contributed by atoms with van der Waals surface area (Å²) in [5, 5.41) is 0. The summed E-state index contributed by atoms with van der Waals surface area (Å²) >= 11 is 10.8. The van der Waals surface area contributed by atoms with Crippen LogP contribution in [0.25, 0.3) is 0 Å². The maximum absolute atomic E-state index is 10.9. The lowest BCUT2D eigenvalue weighted by atomic mass is 10.2. The normalized spacial score (nSPS) is 26.3. The van der Waals surface area contributed by atoms with Crippen molar-refractivity contribution in [1.82, 2.24) is 8.84 Å². The van der Waals surface area contributed by atoms with Crippen LogP contribution in [0.2, 0.25) is 0 Å². The van der Waals surface area contributed by atoms with E-state index in [9.17, 15) is 9.59 Å². The van der Waals surface area contributed by atoms with Crippen LogP contribution in [0, 0.1) is 0 Å². The highest BCUT2D eigenvalue weighted by atomic mass is 35.5. The number of imide groups is 1. The lowest BCUT2D eigenvalue weighted by molar-refractivity contribution is -0.127. The predicted molar refractivity (Wildman–Crippen MR) is 39.9 cm³/mol. The van der Waals surface area contributed by atoms with Crippen LogP contribution in [0.3, 0.4) is 0 Å². The summed E-state index contributed by atoms with van der Waals surface area (Å²) in [5.41, 5.74) is 0. The Kier molecular flexibility index (Phi) is 2.25. The number of nitrogens with zero attached hydrogens (tertiary/aromatic N) is 2. The topological polar surface area (TPSA) is 40.6 Å². The molecule has 1 heterocycles. The average molecular weight is 197 g/mol. The first-order chi connectivity index (χ1) is 5.04. The van der Waals surface area contributed by atoms with Crippen LogP contribution in [0.15, 0.2) is 0 Å². The number of urea groups is 1. The zero-order valence-electron chi connectivity index (χ0n) is 5.75. The van der Waals surface area contributed by atoms with E-state index in [1.807, 2.05) is 0 Å². The summed E-state index contributed by atoms with van der Waals surface area (Å²) in [4.78, 5) is 21.8. The van der Waals surface area contributed by atoms with Crippen molar-refractivity contribution in [2.75, 3.05) is 0 Å². The van der Waals surface area contributed by atoms with Crippen LogP contribution in [-0.4, -0.2) is 26.8 Å². The third-order valence-electron chi connectivity index (χ3n) is 1.43. The summed E-state index contributed by atoms with van der Waals surface area (Å²) in [6, 6.07) is -0.969. The zero-order valence-corrected chi connectivity index (χ0v) is 7.26. The lowest BCUT2D eigenvalue weighted by Gasteiger charge is -2.29. The first-order valence-corrected chi connectivity index (χ1v) is 3.69. The van der Waals surface area contributed by atoms with E-state index in [1.54, 1.807) is 6.92 Å². The Balaban J connectivity index is 2.79. The van der Waals surface area contributed by atoms with Gasteiger partial charge < -0.3 is 0 Å². The molecule has 0 saturated carbocycles. The molecule has 1 aliphatic heterocycles. The van der Waals surface area contributed by atoms with Gasteiger partial charge in [0.1, 0.15) is 0 Å². The highest BCUT2D eigenvalue weighted by Crippen LogP contribution is 2.20. The van der Waals surface area contributed by atoms with Gasteiger partial charge in [-0.3, -0.25) is 4.79 Å². The number of hydrogen-bond donors (Lipinski definition) is 0. The first kappa shape index (κ1) is 8.62. The molecule has 1 aliphatic rings. The van der Waals surface area contributed by atoms with Gasteiger partial charge in [0.2, 0.25) is 5.91 Å². The van der Waals surface area contributed by atoms with Crippen molar-refractivity contribution in [1.29, 1.82) is 0 Å². The average Bonchev–Trinajstić information content (AvgIpc) is 1.97. The number of carbonyl (C=O) groups excluding carboxylic acids is 2. The van der Waals surface area contributed by atoms with Crippen molar-refractivity contribution < 1.29 is 9.59 Å². The third kappa shape index (κ3) is 1.41. The number of rotatable bonds is 0. The molecular formula is C5H6Cl2N2O2. The summed E-state index contributed by atoms with van der Waals surface area (Å²) < 4.78 is 1.40. The fourth-order valence-corrected chi connectivity index (χ4v) is 1.13. The molecule has 0 aliphatic carbocycles. The van der Waals surface area contributed by atoms with Crippen LogP contribution in [0.4, 0.5) is 4.79 Å². The Hall–Kier alpha value is -0.480. The molecule has 1 saturated heterocycles. The number of hydrogen-bond acceptors (Lipinski definition) is 2. The second-order valence-corrected chi connectivity index (χ2v) is 3.02. The summed E-state index contributed by atoms with van der Waals surface area (Å²) in [7, 11) is 0. The van der Waals surface area contributed by atoms with Gasteiger partial charge in [-0.25, -0.2) is 9.21 Å². The van der Waals surface area contributed by atoms with Crippen LogP contribution in [0.5, 0.6) is 0 Å². The SMILES string of the molecule is C[C@H]1CC(=O)N(Cl)C(=O)N1Cl. The van der Waals surface area contributed by atoms with E-state index < -0.39 is 11.9 Å². The molecule has 62 valence electrons. The minimum absolute atomic E-state index is 0.165. The lowest BCUT2D eigenvalue weighted by Crippen LogP contribution is -2.47. The van der Waals surface area contributed by atoms with Crippen molar-refractivity contribution in [2.24, 2.45) is 0 Å². The Bertz CT molecular complexity index is 209. The zero-order chi connectivity index (χ0) is 8.59. The highest BCUT2D eigenvalue weighted by molar-refractivity contribution is 6.34. The maximum atomic E-state index is 10.9. The molecule has 0 unspecified atom stereocenters. The van der Waals surface area contributed by atoms with Crippen LogP contribution >= 0.6 is 23.6 Å². The standard InChI is InChI=1S/C5H6Cl2N2O2/c1-3-2-4(10)9(7)5(11)8(3)6/h3H,2H2,1H3/t3-/m0/s1. The molecule has 4 nitrogen and oxygen atoms in total. The quantitative estimate of drug-likeness (QED) is 0.549. The van der Waals surface area contributed by atoms with E-state index in [0.717, 1.165) is 4.42 Å². The van der Waals surface area contributed by atoms with Gasteiger partial charge in [-0.1, -0.05) is 0 Å². The number of halogens is 2. The van der Waals surface area contributed by atoms with Gasteiger partial charge in [0.05, 0.1) is 12.5 Å². The molecule has 0 bridgehead atoms. The Morgan fingerprint density at radius 2 is 2.00 bits per heavy atom. The molecule has 1 rings (SSSR count). The van der Waals surface area contributed by atoms with Crippen molar-refractivity contribution >= 4 is 35.5 Å². The van der Waals surface area contributed by atoms with E-state index >= 15 is 0 Å². The van der Waals surface area contributed by atoms with E-state index in [-0.39, 0.29) is 12.5 Å². The number of carbonyl (C=O) groups is 2. The Morgan fingerprint density at radius 3 is 2.55 bits per heavy atom. The molecule has 0 aromatic rings. The highest BCUT2D eigenvalue weighted by Gasteiger charge is 2.35. The van der Waals surface area contributed by atoms with E-state index in [2.05, 4.69) is 0 Å². The fourth-order valence-electron chi connectivity index (χ4n) is 0.792. The van der Waals surface area contributed by atoms with Gasteiger partial charge in [0, 0.05) is 23.6 Å². The van der Waals surface area contributed by atoms with Gasteiger partial charge in [0.25, 0.3) is 0 Å². The molecule has 3 amide bonds. The van der Waals surface area contributed by atoms with E-state index in [4.69, 9.17) is 23.6 Å². The van der Waals surface area contributed by atoms with Crippen LogP contribution in [-0.2, 0) is 4.79 Å². The van der Waals surface area contributed by atoms with Gasteiger partial charge >= 0.3 is 6.03 Å². The fraction of sp³-hybridized carbons (Fsp3) is 0.600. The molecule has 11 heavy (non-hydrogen) atoms. The molecular weight excluding hydrogens is 191 g/mol. The second-order valence-electron chi connectivity index (χ2n) is 2.32. The predicted octanol–water partition coefficient (Wildman–Crippen LogP) is 1.34. The van der Waals surface area contributed by atoms with Gasteiger partial charge in [-0.15, -0.1) is 0 Å². The first-order valence-electron chi connectivity index (χ1n) is 3.01. The van der Waals surface area contributed by atoms with Gasteiger partial charge in [0.15, 0.2) is 0 Å². The number of amides is 3. The van der Waals surface area contributed by atoms with Crippen molar-refractivity contribution in [2.45, 2.75) is 19.4 Å². The molecule has 0 aromatic heterocycles. The largest absolute Gasteiger partial charge is 0.356 e. The van der Waals surface area contributed by atoms with Crippen molar-refractivity contribution in [3.8, 4) is 0 Å². The minimum Gasteiger partial charge on any atom is -0.273 e. The van der Waals surface area contributed by atoms with Crippen LogP contribution < -0.4 is 0 Å². The summed E-state index contributed by atoms with van der Waals surface area (Å²) in [6.07, 6.45) is 0.165. The van der Waals surface area contributed by atoms with Crippen molar-refractivity contribution in [3.05, 3.63) is 0 Å². The molecule has 6 heteroatoms. The molecule has 1 fully saturated rings. The molecule has 0 N–H and O–H groups in total. The van der Waals surface area contributed by atoms with E-state index in [1.165, 1.54) is 0 Å². The van der Waals surface area contributed by atoms with Gasteiger partial charge in [-0.2, -0.15) is 4.42 Å². The molecule has 0 aromatic carbocycles. The second kappa shape index (κ2) is 2.87. The van der Waals surface area contributed by atoms with Gasteiger partial charge in [-0.05, 0) is 6.92 Å². The monoisotopic (exact) mass is 196 g/mol. The van der Waals surface area contributed by atoms with E-state index in [0.29, 0.717) is 4.42 Å². The van der Waals surface area contributed by atoms with Crippen LogP contribution in [0.1, 0.15) is 13.3 Å². The summed E-state index contributed by atoms with van der Waals surface area (Å²) in [5.74, 6) is -0.416.